The summed E-state index contributed by atoms with van der Waals surface area (Å²) in [5.74, 6) is 0. The number of nitrogens with one attached hydrogen (secondary N) is 1. The molecule has 2 aromatic rings. The largest absolute Gasteiger partial charge is 0.376 e. The Balaban J connectivity index is 1.86. The Morgan fingerprint density at radius 2 is 2.22 bits per heavy atom. The first kappa shape index (κ1) is 12.2. The molecular weight excluding hydrogens is 359 g/mol. The van der Waals surface area contributed by atoms with Gasteiger partial charge in [0, 0.05) is 20.5 Å². The Morgan fingerprint density at radius 3 is 3.06 bits per heavy atom. The SMILES string of the molecule is Clc1ccc(NC2CCc3cccnc32)c(I)c1. The van der Waals surface area contributed by atoms with Gasteiger partial charge in [-0.3, -0.25) is 4.98 Å². The van der Waals surface area contributed by atoms with E-state index in [-0.39, 0.29) is 0 Å². The molecule has 1 atom stereocenters. The van der Waals surface area contributed by atoms with Crippen LogP contribution in [0.25, 0.3) is 0 Å². The van der Waals surface area contributed by atoms with Crippen LogP contribution in [-0.4, -0.2) is 4.98 Å². The summed E-state index contributed by atoms with van der Waals surface area (Å²) in [6.07, 6.45) is 4.07. The molecule has 1 aromatic carbocycles. The normalized spacial score (nSPS) is 17.6. The Labute approximate surface area is 125 Å². The molecule has 0 radical (unpaired) electrons. The van der Waals surface area contributed by atoms with Gasteiger partial charge >= 0.3 is 0 Å². The molecule has 0 bridgehead atoms. The lowest BCUT2D eigenvalue weighted by Crippen LogP contribution is -2.09. The summed E-state index contributed by atoms with van der Waals surface area (Å²) in [5.41, 5.74) is 3.67. The molecule has 0 saturated carbocycles. The average Bonchev–Trinajstić information content (AvgIpc) is 2.76. The van der Waals surface area contributed by atoms with E-state index in [1.807, 2.05) is 30.5 Å². The number of aryl methyl sites for hydroxylation is 1. The van der Waals surface area contributed by atoms with Crippen LogP contribution in [0, 0.1) is 3.57 Å². The minimum Gasteiger partial charge on any atom is -0.376 e. The molecule has 1 N–H and O–H groups in total. The Kier molecular flexibility index (Phi) is 3.43. The fourth-order valence-electron chi connectivity index (χ4n) is 2.35. The summed E-state index contributed by atoms with van der Waals surface area (Å²) in [7, 11) is 0. The van der Waals surface area contributed by atoms with Gasteiger partial charge in [0.25, 0.3) is 0 Å². The molecule has 1 unspecified atom stereocenters. The maximum absolute atomic E-state index is 5.97. The Hall–Kier alpha value is -0.810. The number of benzene rings is 1. The van der Waals surface area contributed by atoms with E-state index in [1.54, 1.807) is 0 Å². The lowest BCUT2D eigenvalue weighted by Gasteiger charge is -2.16. The van der Waals surface area contributed by atoms with Gasteiger partial charge in [0.2, 0.25) is 0 Å². The van der Waals surface area contributed by atoms with Crippen molar-refractivity contribution in [1.29, 1.82) is 0 Å². The van der Waals surface area contributed by atoms with Crippen molar-refractivity contribution in [3.8, 4) is 0 Å². The maximum atomic E-state index is 5.97. The third-order valence-corrected chi connectivity index (χ3v) is 4.35. The molecule has 3 rings (SSSR count). The fraction of sp³-hybridized carbons (Fsp3) is 0.214. The minimum atomic E-state index is 0.316. The first-order valence-electron chi connectivity index (χ1n) is 5.89. The maximum Gasteiger partial charge on any atom is 0.0691 e. The summed E-state index contributed by atoms with van der Waals surface area (Å²) in [6.45, 7) is 0. The number of fused-ring (bicyclic) bond motifs is 1. The molecule has 0 fully saturated rings. The molecule has 1 aliphatic rings. The van der Waals surface area contributed by atoms with Crippen molar-refractivity contribution >= 4 is 39.9 Å². The first-order valence-corrected chi connectivity index (χ1v) is 7.35. The number of rotatable bonds is 2. The van der Waals surface area contributed by atoms with E-state index in [1.165, 1.54) is 11.3 Å². The Morgan fingerprint density at radius 1 is 1.33 bits per heavy atom. The van der Waals surface area contributed by atoms with E-state index >= 15 is 0 Å². The van der Waals surface area contributed by atoms with Crippen LogP contribution >= 0.6 is 34.2 Å². The van der Waals surface area contributed by atoms with Crippen molar-refractivity contribution in [1.82, 2.24) is 4.98 Å². The number of nitrogens with zero attached hydrogens (tertiary/aromatic N) is 1. The number of anilines is 1. The second-order valence-corrected chi connectivity index (χ2v) is 6.01. The van der Waals surface area contributed by atoms with Crippen molar-refractivity contribution in [2.45, 2.75) is 18.9 Å². The predicted octanol–water partition coefficient (Wildman–Crippen LogP) is 4.44. The molecule has 18 heavy (non-hydrogen) atoms. The van der Waals surface area contributed by atoms with E-state index in [9.17, 15) is 0 Å². The molecule has 0 aliphatic heterocycles. The lowest BCUT2D eigenvalue weighted by molar-refractivity contribution is 0.745. The molecule has 0 saturated heterocycles. The van der Waals surface area contributed by atoms with E-state index in [0.29, 0.717) is 6.04 Å². The van der Waals surface area contributed by atoms with Gasteiger partial charge in [0.15, 0.2) is 0 Å². The van der Waals surface area contributed by atoms with Crippen LogP contribution in [-0.2, 0) is 6.42 Å². The van der Waals surface area contributed by atoms with Gasteiger partial charge in [0.05, 0.1) is 11.7 Å². The van der Waals surface area contributed by atoms with E-state index in [0.717, 1.165) is 27.1 Å². The first-order chi connectivity index (χ1) is 8.74. The van der Waals surface area contributed by atoms with Crippen molar-refractivity contribution in [3.05, 3.63) is 56.4 Å². The van der Waals surface area contributed by atoms with E-state index < -0.39 is 0 Å². The van der Waals surface area contributed by atoms with Crippen molar-refractivity contribution in [3.63, 3.8) is 0 Å². The molecule has 1 heterocycles. The monoisotopic (exact) mass is 370 g/mol. The molecule has 2 nitrogen and oxygen atoms in total. The van der Waals surface area contributed by atoms with Gasteiger partial charge < -0.3 is 5.32 Å². The highest BCUT2D eigenvalue weighted by atomic mass is 127. The topological polar surface area (TPSA) is 24.9 Å². The molecule has 1 aliphatic carbocycles. The summed E-state index contributed by atoms with van der Waals surface area (Å²) >= 11 is 8.27. The van der Waals surface area contributed by atoms with Gasteiger partial charge in [0.1, 0.15) is 0 Å². The van der Waals surface area contributed by atoms with Crippen LogP contribution in [0.5, 0.6) is 0 Å². The standard InChI is InChI=1S/C14H12ClIN2/c15-10-4-6-12(11(16)8-10)18-13-5-3-9-2-1-7-17-14(9)13/h1-2,4,6-8,13,18H,3,5H2. The fourth-order valence-corrected chi connectivity index (χ4v) is 3.37. The van der Waals surface area contributed by atoms with Crippen LogP contribution in [0.15, 0.2) is 36.5 Å². The van der Waals surface area contributed by atoms with Gasteiger partial charge in [-0.2, -0.15) is 0 Å². The number of pyridine rings is 1. The highest BCUT2D eigenvalue weighted by Crippen LogP contribution is 2.33. The summed E-state index contributed by atoms with van der Waals surface area (Å²) in [5, 5.41) is 4.34. The summed E-state index contributed by atoms with van der Waals surface area (Å²) in [6, 6.07) is 10.4. The molecule has 0 spiro atoms. The van der Waals surface area contributed by atoms with Crippen LogP contribution in [0.4, 0.5) is 5.69 Å². The highest BCUT2D eigenvalue weighted by molar-refractivity contribution is 14.1. The lowest BCUT2D eigenvalue weighted by atomic mass is 10.2. The minimum absolute atomic E-state index is 0.316. The molecule has 1 aromatic heterocycles. The van der Waals surface area contributed by atoms with Crippen molar-refractivity contribution < 1.29 is 0 Å². The zero-order valence-electron chi connectivity index (χ0n) is 9.66. The van der Waals surface area contributed by atoms with Crippen LogP contribution in [0.1, 0.15) is 23.7 Å². The Bertz CT molecular complexity index is 586. The third-order valence-electron chi connectivity index (χ3n) is 3.22. The van der Waals surface area contributed by atoms with E-state index in [4.69, 9.17) is 11.6 Å². The number of hydrogen-bond acceptors (Lipinski definition) is 2. The highest BCUT2D eigenvalue weighted by Gasteiger charge is 2.23. The van der Waals surface area contributed by atoms with Gasteiger partial charge in [-0.25, -0.2) is 0 Å². The second kappa shape index (κ2) is 5.05. The van der Waals surface area contributed by atoms with Gasteiger partial charge in [-0.15, -0.1) is 0 Å². The average molecular weight is 371 g/mol. The van der Waals surface area contributed by atoms with Crippen molar-refractivity contribution in [2.75, 3.05) is 5.32 Å². The van der Waals surface area contributed by atoms with Gasteiger partial charge in [-0.1, -0.05) is 17.7 Å². The number of halogens is 2. The number of hydrogen-bond donors (Lipinski definition) is 1. The zero-order chi connectivity index (χ0) is 12.5. The van der Waals surface area contributed by atoms with Crippen LogP contribution < -0.4 is 5.32 Å². The summed E-state index contributed by atoms with van der Waals surface area (Å²) < 4.78 is 1.14. The van der Waals surface area contributed by atoms with Crippen LogP contribution in [0.3, 0.4) is 0 Å². The smallest absolute Gasteiger partial charge is 0.0691 e. The quantitative estimate of drug-likeness (QED) is 0.791. The molecular formula is C14H12ClIN2. The predicted molar refractivity (Wildman–Crippen MR) is 83.1 cm³/mol. The van der Waals surface area contributed by atoms with E-state index in [2.05, 4.69) is 39.0 Å². The molecule has 0 amide bonds. The summed E-state index contributed by atoms with van der Waals surface area (Å²) in [4.78, 5) is 4.49. The molecule has 4 heteroatoms. The third kappa shape index (κ3) is 2.34. The zero-order valence-corrected chi connectivity index (χ0v) is 12.6. The number of aromatic nitrogens is 1. The van der Waals surface area contributed by atoms with Gasteiger partial charge in [-0.05, 0) is 65.3 Å². The van der Waals surface area contributed by atoms with Crippen molar-refractivity contribution in [2.24, 2.45) is 0 Å². The van der Waals surface area contributed by atoms with Crippen LogP contribution in [0.2, 0.25) is 5.02 Å². The second-order valence-electron chi connectivity index (χ2n) is 4.41. The molecule has 92 valence electrons.